The third-order valence-corrected chi connectivity index (χ3v) is 2.67. The van der Waals surface area contributed by atoms with Crippen LogP contribution in [-0.4, -0.2) is 20.3 Å². The zero-order valence-corrected chi connectivity index (χ0v) is 8.32. The molecular formula is C11H15NO2. The summed E-state index contributed by atoms with van der Waals surface area (Å²) >= 11 is 0. The molecule has 14 heavy (non-hydrogen) atoms. The third kappa shape index (κ3) is 1.44. The quantitative estimate of drug-likeness (QED) is 0.774. The van der Waals surface area contributed by atoms with Gasteiger partial charge < -0.3 is 15.2 Å². The Bertz CT molecular complexity index is 325. The molecule has 1 aliphatic rings. The van der Waals surface area contributed by atoms with Crippen molar-refractivity contribution in [2.75, 3.05) is 20.3 Å². The summed E-state index contributed by atoms with van der Waals surface area (Å²) in [5, 5.41) is 0. The predicted octanol–water partition coefficient (Wildman–Crippen LogP) is 1.52. The van der Waals surface area contributed by atoms with Gasteiger partial charge >= 0.3 is 0 Å². The lowest BCUT2D eigenvalue weighted by Crippen LogP contribution is -2.21. The highest BCUT2D eigenvalue weighted by atomic mass is 16.5. The minimum Gasteiger partial charge on any atom is -0.493 e. The first-order valence-electron chi connectivity index (χ1n) is 4.86. The van der Waals surface area contributed by atoms with Crippen molar-refractivity contribution in [1.29, 1.82) is 0 Å². The molecule has 0 aromatic heterocycles. The van der Waals surface area contributed by atoms with Crippen molar-refractivity contribution in [3.05, 3.63) is 23.8 Å². The highest BCUT2D eigenvalue weighted by Crippen LogP contribution is 2.39. The van der Waals surface area contributed by atoms with Crippen LogP contribution in [0.2, 0.25) is 0 Å². The van der Waals surface area contributed by atoms with E-state index in [0.717, 1.165) is 24.5 Å². The Hall–Kier alpha value is -1.22. The van der Waals surface area contributed by atoms with Gasteiger partial charge in [0.1, 0.15) is 0 Å². The first kappa shape index (κ1) is 9.34. The van der Waals surface area contributed by atoms with E-state index in [9.17, 15) is 0 Å². The summed E-state index contributed by atoms with van der Waals surface area (Å²) in [5.41, 5.74) is 6.89. The van der Waals surface area contributed by atoms with Crippen LogP contribution < -0.4 is 15.2 Å². The summed E-state index contributed by atoms with van der Waals surface area (Å²) < 4.78 is 10.8. The van der Waals surface area contributed by atoms with E-state index in [4.69, 9.17) is 15.2 Å². The fourth-order valence-corrected chi connectivity index (χ4v) is 1.87. The topological polar surface area (TPSA) is 44.5 Å². The molecule has 1 aromatic carbocycles. The standard InChI is InChI=1S/C11H15NO2/c1-13-10-4-2-3-9-8(7-12)5-6-14-11(9)10/h2-4,8H,5-7,12H2,1H3. The third-order valence-electron chi connectivity index (χ3n) is 2.67. The fraction of sp³-hybridized carbons (Fsp3) is 0.455. The van der Waals surface area contributed by atoms with E-state index in [2.05, 4.69) is 6.07 Å². The maximum absolute atomic E-state index is 5.71. The lowest BCUT2D eigenvalue weighted by atomic mass is 9.93. The normalized spacial score (nSPS) is 19.7. The molecule has 1 atom stereocenters. The lowest BCUT2D eigenvalue weighted by Gasteiger charge is -2.25. The Kier molecular flexibility index (Phi) is 2.59. The van der Waals surface area contributed by atoms with Crippen LogP contribution in [0.1, 0.15) is 17.9 Å². The van der Waals surface area contributed by atoms with Gasteiger partial charge in [-0.15, -0.1) is 0 Å². The van der Waals surface area contributed by atoms with Gasteiger partial charge in [0.05, 0.1) is 13.7 Å². The predicted molar refractivity (Wildman–Crippen MR) is 54.9 cm³/mol. The zero-order chi connectivity index (χ0) is 9.97. The molecule has 1 aromatic rings. The van der Waals surface area contributed by atoms with E-state index in [0.29, 0.717) is 12.5 Å². The first-order chi connectivity index (χ1) is 6.86. The molecule has 3 heteroatoms. The smallest absolute Gasteiger partial charge is 0.164 e. The zero-order valence-electron chi connectivity index (χ0n) is 8.32. The lowest BCUT2D eigenvalue weighted by molar-refractivity contribution is 0.253. The maximum Gasteiger partial charge on any atom is 0.164 e. The van der Waals surface area contributed by atoms with Crippen molar-refractivity contribution in [3.63, 3.8) is 0 Å². The number of nitrogens with two attached hydrogens (primary N) is 1. The van der Waals surface area contributed by atoms with Crippen molar-refractivity contribution >= 4 is 0 Å². The van der Waals surface area contributed by atoms with Crippen LogP contribution in [0.25, 0.3) is 0 Å². The van der Waals surface area contributed by atoms with Gasteiger partial charge in [0, 0.05) is 11.5 Å². The van der Waals surface area contributed by atoms with Crippen LogP contribution in [0, 0.1) is 0 Å². The Balaban J connectivity index is 2.43. The SMILES string of the molecule is COc1cccc2c1OCCC2CN. The van der Waals surface area contributed by atoms with Crippen LogP contribution in [0.4, 0.5) is 0 Å². The number of benzene rings is 1. The summed E-state index contributed by atoms with van der Waals surface area (Å²) in [5.74, 6) is 2.09. The Labute approximate surface area is 83.8 Å². The Morgan fingerprint density at radius 1 is 1.57 bits per heavy atom. The molecule has 0 aliphatic carbocycles. The largest absolute Gasteiger partial charge is 0.493 e. The van der Waals surface area contributed by atoms with E-state index < -0.39 is 0 Å². The molecule has 1 heterocycles. The van der Waals surface area contributed by atoms with Crippen molar-refractivity contribution < 1.29 is 9.47 Å². The number of methoxy groups -OCH3 is 1. The highest BCUT2D eigenvalue weighted by molar-refractivity contribution is 5.49. The van der Waals surface area contributed by atoms with Gasteiger partial charge in [-0.25, -0.2) is 0 Å². The number of hydrogen-bond donors (Lipinski definition) is 1. The average molecular weight is 193 g/mol. The number of fused-ring (bicyclic) bond motifs is 1. The molecule has 0 saturated heterocycles. The van der Waals surface area contributed by atoms with Crippen LogP contribution in [0.5, 0.6) is 11.5 Å². The van der Waals surface area contributed by atoms with E-state index in [-0.39, 0.29) is 0 Å². The number of ether oxygens (including phenoxy) is 2. The summed E-state index contributed by atoms with van der Waals surface area (Å²) in [7, 11) is 1.66. The molecule has 0 fully saturated rings. The molecule has 2 rings (SSSR count). The molecule has 76 valence electrons. The second kappa shape index (κ2) is 3.88. The molecule has 0 spiro atoms. The second-order valence-corrected chi connectivity index (χ2v) is 3.45. The monoisotopic (exact) mass is 193 g/mol. The number of rotatable bonds is 2. The van der Waals surface area contributed by atoms with Gasteiger partial charge in [-0.2, -0.15) is 0 Å². The summed E-state index contributed by atoms with van der Waals surface area (Å²) in [6.45, 7) is 1.40. The van der Waals surface area contributed by atoms with Crippen molar-refractivity contribution in [3.8, 4) is 11.5 Å². The molecular weight excluding hydrogens is 178 g/mol. The molecule has 0 radical (unpaired) electrons. The van der Waals surface area contributed by atoms with Gasteiger partial charge in [-0.3, -0.25) is 0 Å². The van der Waals surface area contributed by atoms with Crippen LogP contribution in [-0.2, 0) is 0 Å². The van der Waals surface area contributed by atoms with Crippen LogP contribution >= 0.6 is 0 Å². The highest BCUT2D eigenvalue weighted by Gasteiger charge is 2.22. The second-order valence-electron chi connectivity index (χ2n) is 3.45. The molecule has 1 aliphatic heterocycles. The summed E-state index contributed by atoms with van der Waals surface area (Å²) in [4.78, 5) is 0. The van der Waals surface area contributed by atoms with E-state index in [1.165, 1.54) is 5.56 Å². The molecule has 3 nitrogen and oxygen atoms in total. The Morgan fingerprint density at radius 3 is 3.14 bits per heavy atom. The summed E-state index contributed by atoms with van der Waals surface area (Å²) in [6, 6.07) is 5.96. The summed E-state index contributed by atoms with van der Waals surface area (Å²) in [6.07, 6.45) is 0.997. The van der Waals surface area contributed by atoms with Crippen LogP contribution in [0.15, 0.2) is 18.2 Å². The molecule has 0 saturated carbocycles. The minimum atomic E-state index is 0.411. The Morgan fingerprint density at radius 2 is 2.43 bits per heavy atom. The van der Waals surface area contributed by atoms with E-state index >= 15 is 0 Å². The van der Waals surface area contributed by atoms with Crippen molar-refractivity contribution in [2.45, 2.75) is 12.3 Å². The number of para-hydroxylation sites is 1. The molecule has 1 unspecified atom stereocenters. The van der Waals surface area contributed by atoms with Gasteiger partial charge in [0.15, 0.2) is 11.5 Å². The maximum atomic E-state index is 5.71. The first-order valence-corrected chi connectivity index (χ1v) is 4.86. The molecule has 0 amide bonds. The van der Waals surface area contributed by atoms with E-state index in [1.54, 1.807) is 7.11 Å². The number of hydrogen-bond acceptors (Lipinski definition) is 3. The van der Waals surface area contributed by atoms with Gasteiger partial charge in [0.2, 0.25) is 0 Å². The van der Waals surface area contributed by atoms with E-state index in [1.807, 2.05) is 12.1 Å². The van der Waals surface area contributed by atoms with Gasteiger partial charge in [0.25, 0.3) is 0 Å². The molecule has 2 N–H and O–H groups in total. The van der Waals surface area contributed by atoms with Crippen molar-refractivity contribution in [2.24, 2.45) is 5.73 Å². The fourth-order valence-electron chi connectivity index (χ4n) is 1.87. The van der Waals surface area contributed by atoms with Gasteiger partial charge in [-0.1, -0.05) is 12.1 Å². The van der Waals surface area contributed by atoms with Crippen molar-refractivity contribution in [1.82, 2.24) is 0 Å². The molecule has 0 bridgehead atoms. The average Bonchev–Trinajstić information content (AvgIpc) is 2.27. The van der Waals surface area contributed by atoms with Crippen LogP contribution in [0.3, 0.4) is 0 Å². The van der Waals surface area contributed by atoms with Gasteiger partial charge in [-0.05, 0) is 19.0 Å². The minimum absolute atomic E-state index is 0.411.